The Balaban J connectivity index is 1.79. The van der Waals surface area contributed by atoms with Crippen molar-refractivity contribution in [2.45, 2.75) is 39.0 Å². The summed E-state index contributed by atoms with van der Waals surface area (Å²) < 4.78 is 0. The number of nitrogens with one attached hydrogen (secondary N) is 1. The molecule has 0 radical (unpaired) electrons. The molecule has 1 saturated carbocycles. The van der Waals surface area contributed by atoms with Gasteiger partial charge in [-0.3, -0.25) is 10.1 Å². The first-order valence-electron chi connectivity index (χ1n) is 7.21. The van der Waals surface area contributed by atoms with Crippen molar-refractivity contribution in [3.05, 3.63) is 22.2 Å². The molecule has 0 spiro atoms. The average molecular weight is 278 g/mol. The van der Waals surface area contributed by atoms with Crippen LogP contribution >= 0.6 is 0 Å². The van der Waals surface area contributed by atoms with E-state index in [4.69, 9.17) is 5.73 Å². The van der Waals surface area contributed by atoms with E-state index < -0.39 is 4.92 Å². The SMILES string of the molecule is CC1CCC(CCNc2ccc([N+](=O)[O-])c(N)n2)CC1. The zero-order valence-corrected chi connectivity index (χ0v) is 11.8. The lowest BCUT2D eigenvalue weighted by Crippen LogP contribution is -2.16. The van der Waals surface area contributed by atoms with Crippen molar-refractivity contribution in [2.75, 3.05) is 17.6 Å². The molecule has 1 aromatic heterocycles. The summed E-state index contributed by atoms with van der Waals surface area (Å²) >= 11 is 0. The summed E-state index contributed by atoms with van der Waals surface area (Å²) in [5.41, 5.74) is 5.42. The Morgan fingerprint density at radius 2 is 2.10 bits per heavy atom. The molecule has 6 heteroatoms. The molecule has 0 unspecified atom stereocenters. The van der Waals surface area contributed by atoms with Gasteiger partial charge in [-0.05, 0) is 24.3 Å². The number of nitrogens with two attached hydrogens (primary N) is 1. The number of nitro groups is 1. The van der Waals surface area contributed by atoms with Crippen LogP contribution in [0.15, 0.2) is 12.1 Å². The number of hydrogen-bond donors (Lipinski definition) is 2. The summed E-state index contributed by atoms with van der Waals surface area (Å²) in [6, 6.07) is 3.00. The largest absolute Gasteiger partial charge is 0.378 e. The fourth-order valence-corrected chi connectivity index (χ4v) is 2.74. The van der Waals surface area contributed by atoms with Crippen molar-refractivity contribution in [3.63, 3.8) is 0 Å². The van der Waals surface area contributed by atoms with Crippen LogP contribution in [0, 0.1) is 22.0 Å². The van der Waals surface area contributed by atoms with E-state index in [1.54, 1.807) is 6.07 Å². The summed E-state index contributed by atoms with van der Waals surface area (Å²) in [6.45, 7) is 3.15. The van der Waals surface area contributed by atoms with Gasteiger partial charge in [0, 0.05) is 12.6 Å². The van der Waals surface area contributed by atoms with E-state index in [2.05, 4.69) is 17.2 Å². The third-order valence-electron chi connectivity index (χ3n) is 4.09. The minimum atomic E-state index is -0.519. The molecular formula is C14H22N4O2. The Hall–Kier alpha value is -1.85. The predicted octanol–water partition coefficient (Wildman–Crippen LogP) is 3.20. The van der Waals surface area contributed by atoms with Gasteiger partial charge in [-0.25, -0.2) is 4.98 Å². The maximum atomic E-state index is 10.6. The fraction of sp³-hybridized carbons (Fsp3) is 0.643. The standard InChI is InChI=1S/C14H22N4O2/c1-10-2-4-11(5-3-10)8-9-16-13-7-6-12(18(19)20)14(15)17-13/h6-7,10-11H,2-5,8-9H2,1H3,(H3,15,16,17). The highest BCUT2D eigenvalue weighted by molar-refractivity contribution is 5.57. The zero-order valence-electron chi connectivity index (χ0n) is 11.8. The number of aromatic nitrogens is 1. The third-order valence-corrected chi connectivity index (χ3v) is 4.09. The van der Waals surface area contributed by atoms with E-state index in [0.717, 1.165) is 24.8 Å². The van der Waals surface area contributed by atoms with Gasteiger partial charge in [-0.1, -0.05) is 32.6 Å². The molecule has 0 aromatic carbocycles. The molecule has 20 heavy (non-hydrogen) atoms. The number of nitrogen functional groups attached to an aromatic ring is 1. The van der Waals surface area contributed by atoms with E-state index in [9.17, 15) is 10.1 Å². The average Bonchev–Trinajstić information content (AvgIpc) is 2.41. The number of pyridine rings is 1. The minimum absolute atomic E-state index is 0.0357. The van der Waals surface area contributed by atoms with Gasteiger partial charge in [0.25, 0.3) is 0 Å². The highest BCUT2D eigenvalue weighted by Gasteiger charge is 2.18. The van der Waals surface area contributed by atoms with Gasteiger partial charge in [-0.15, -0.1) is 0 Å². The fourth-order valence-electron chi connectivity index (χ4n) is 2.74. The second-order valence-corrected chi connectivity index (χ2v) is 5.70. The van der Waals surface area contributed by atoms with Crippen LogP contribution in [0.25, 0.3) is 0 Å². The molecule has 110 valence electrons. The maximum Gasteiger partial charge on any atom is 0.311 e. The molecule has 0 amide bonds. The quantitative estimate of drug-likeness (QED) is 0.637. The van der Waals surface area contributed by atoms with Crippen LogP contribution in [0.3, 0.4) is 0 Å². The van der Waals surface area contributed by atoms with Crippen LogP contribution < -0.4 is 11.1 Å². The Bertz CT molecular complexity index is 470. The van der Waals surface area contributed by atoms with Gasteiger partial charge >= 0.3 is 5.69 Å². The third kappa shape index (κ3) is 3.82. The number of hydrogen-bond acceptors (Lipinski definition) is 5. The topological polar surface area (TPSA) is 94.1 Å². The molecule has 0 aliphatic heterocycles. The number of rotatable bonds is 5. The monoisotopic (exact) mass is 278 g/mol. The maximum absolute atomic E-state index is 10.6. The van der Waals surface area contributed by atoms with Crippen molar-refractivity contribution in [3.8, 4) is 0 Å². The molecule has 3 N–H and O–H groups in total. The van der Waals surface area contributed by atoms with Crippen molar-refractivity contribution >= 4 is 17.3 Å². The van der Waals surface area contributed by atoms with Gasteiger partial charge in [0.1, 0.15) is 5.82 Å². The van der Waals surface area contributed by atoms with Crippen molar-refractivity contribution in [2.24, 2.45) is 11.8 Å². The summed E-state index contributed by atoms with van der Waals surface area (Å²) in [7, 11) is 0. The molecule has 1 aliphatic rings. The summed E-state index contributed by atoms with van der Waals surface area (Å²) in [6.07, 6.45) is 6.38. The molecular weight excluding hydrogens is 256 g/mol. The molecule has 1 aromatic rings. The van der Waals surface area contributed by atoms with Crippen molar-refractivity contribution < 1.29 is 4.92 Å². The zero-order chi connectivity index (χ0) is 14.5. The highest BCUT2D eigenvalue weighted by atomic mass is 16.6. The second kappa shape index (κ2) is 6.54. The second-order valence-electron chi connectivity index (χ2n) is 5.70. The molecule has 0 atom stereocenters. The Morgan fingerprint density at radius 3 is 2.70 bits per heavy atom. The Labute approximate surface area is 118 Å². The first-order chi connectivity index (χ1) is 9.56. The van der Waals surface area contributed by atoms with E-state index >= 15 is 0 Å². The van der Waals surface area contributed by atoms with E-state index in [1.807, 2.05) is 0 Å². The van der Waals surface area contributed by atoms with E-state index in [1.165, 1.54) is 31.7 Å². The summed E-state index contributed by atoms with van der Waals surface area (Å²) in [5.74, 6) is 2.23. The van der Waals surface area contributed by atoms with Crippen LogP contribution in [0.2, 0.25) is 0 Å². The predicted molar refractivity (Wildman–Crippen MR) is 79.5 cm³/mol. The Morgan fingerprint density at radius 1 is 1.40 bits per heavy atom. The smallest absolute Gasteiger partial charge is 0.311 e. The van der Waals surface area contributed by atoms with Gasteiger partial charge in [-0.2, -0.15) is 0 Å². The summed E-state index contributed by atoms with van der Waals surface area (Å²) in [5, 5.41) is 13.8. The summed E-state index contributed by atoms with van der Waals surface area (Å²) in [4.78, 5) is 14.1. The van der Waals surface area contributed by atoms with Crippen molar-refractivity contribution in [1.82, 2.24) is 4.98 Å². The lowest BCUT2D eigenvalue weighted by atomic mass is 9.81. The Kier molecular flexibility index (Phi) is 4.76. The molecule has 1 aliphatic carbocycles. The van der Waals surface area contributed by atoms with Crippen LogP contribution in [-0.2, 0) is 0 Å². The molecule has 0 saturated heterocycles. The molecule has 1 heterocycles. The van der Waals surface area contributed by atoms with Crippen LogP contribution in [0.5, 0.6) is 0 Å². The van der Waals surface area contributed by atoms with Gasteiger partial charge in [0.05, 0.1) is 4.92 Å². The highest BCUT2D eigenvalue weighted by Crippen LogP contribution is 2.30. The van der Waals surface area contributed by atoms with E-state index in [-0.39, 0.29) is 11.5 Å². The molecule has 6 nitrogen and oxygen atoms in total. The molecule has 1 fully saturated rings. The van der Waals surface area contributed by atoms with Gasteiger partial charge in [0.2, 0.25) is 5.82 Å². The number of anilines is 2. The van der Waals surface area contributed by atoms with Crippen LogP contribution in [0.4, 0.5) is 17.3 Å². The first kappa shape index (κ1) is 14.6. The van der Waals surface area contributed by atoms with Gasteiger partial charge < -0.3 is 11.1 Å². The molecule has 0 bridgehead atoms. The van der Waals surface area contributed by atoms with Crippen LogP contribution in [0.1, 0.15) is 39.0 Å². The lowest BCUT2D eigenvalue weighted by molar-refractivity contribution is -0.384. The minimum Gasteiger partial charge on any atom is -0.378 e. The van der Waals surface area contributed by atoms with Crippen LogP contribution in [-0.4, -0.2) is 16.5 Å². The van der Waals surface area contributed by atoms with Gasteiger partial charge in [0.15, 0.2) is 0 Å². The van der Waals surface area contributed by atoms with Crippen molar-refractivity contribution in [1.29, 1.82) is 0 Å². The first-order valence-corrected chi connectivity index (χ1v) is 7.21. The lowest BCUT2D eigenvalue weighted by Gasteiger charge is -2.26. The van der Waals surface area contributed by atoms with E-state index in [0.29, 0.717) is 5.82 Å². The number of nitrogens with zero attached hydrogens (tertiary/aromatic N) is 2. The normalized spacial score (nSPS) is 22.4. The molecule has 2 rings (SSSR count).